The van der Waals surface area contributed by atoms with Crippen molar-refractivity contribution in [2.75, 3.05) is 6.54 Å². The van der Waals surface area contributed by atoms with Gasteiger partial charge >= 0.3 is 0 Å². The Labute approximate surface area is 165 Å². The second kappa shape index (κ2) is 6.99. The summed E-state index contributed by atoms with van der Waals surface area (Å²) in [5.41, 5.74) is 3.41. The molecule has 0 aliphatic carbocycles. The number of nitrogens with zero attached hydrogens (tertiary/aromatic N) is 1. The van der Waals surface area contributed by atoms with Crippen LogP contribution in [0.1, 0.15) is 43.7 Å². The lowest BCUT2D eigenvalue weighted by atomic mass is 9.59. The van der Waals surface area contributed by atoms with Gasteiger partial charge < -0.3 is 5.32 Å². The van der Waals surface area contributed by atoms with E-state index in [2.05, 4.69) is 49.6 Å². The highest BCUT2D eigenvalue weighted by Crippen LogP contribution is 2.53. The van der Waals surface area contributed by atoms with Crippen LogP contribution in [0.15, 0.2) is 47.5 Å². The summed E-state index contributed by atoms with van der Waals surface area (Å²) in [5.74, 6) is 0.873. The minimum absolute atomic E-state index is 0.168. The Bertz CT molecular complexity index is 848. The Kier molecular flexibility index (Phi) is 4.85. The summed E-state index contributed by atoms with van der Waals surface area (Å²) in [6, 6.07) is 14.8. The van der Waals surface area contributed by atoms with Crippen LogP contribution >= 0.6 is 23.2 Å². The van der Waals surface area contributed by atoms with E-state index in [1.54, 1.807) is 0 Å². The average molecular weight is 387 g/mol. The van der Waals surface area contributed by atoms with Gasteiger partial charge in [0.05, 0.1) is 11.1 Å². The summed E-state index contributed by atoms with van der Waals surface area (Å²) in [7, 11) is 0. The molecule has 1 unspecified atom stereocenters. The van der Waals surface area contributed by atoms with Crippen molar-refractivity contribution in [3.05, 3.63) is 63.6 Å². The molecule has 2 heterocycles. The summed E-state index contributed by atoms with van der Waals surface area (Å²) < 4.78 is 0. The molecule has 0 amide bonds. The molecule has 4 heteroatoms. The van der Waals surface area contributed by atoms with Gasteiger partial charge in [0.25, 0.3) is 0 Å². The second-order valence-electron chi connectivity index (χ2n) is 7.57. The molecule has 2 aliphatic heterocycles. The molecule has 2 aliphatic rings. The van der Waals surface area contributed by atoms with Crippen LogP contribution in [-0.4, -0.2) is 18.8 Å². The van der Waals surface area contributed by atoms with Gasteiger partial charge in [-0.3, -0.25) is 4.99 Å². The van der Waals surface area contributed by atoms with E-state index in [-0.39, 0.29) is 5.41 Å². The highest BCUT2D eigenvalue weighted by Gasteiger charge is 2.52. The van der Waals surface area contributed by atoms with E-state index < -0.39 is 0 Å². The predicted molar refractivity (Wildman–Crippen MR) is 111 cm³/mol. The fourth-order valence-electron chi connectivity index (χ4n) is 4.83. The summed E-state index contributed by atoms with van der Waals surface area (Å²) in [6.45, 7) is 5.60. The van der Waals surface area contributed by atoms with Crippen molar-refractivity contribution in [3.8, 4) is 0 Å². The molecule has 0 radical (unpaired) electrons. The van der Waals surface area contributed by atoms with Crippen molar-refractivity contribution in [2.24, 2.45) is 10.9 Å². The summed E-state index contributed by atoms with van der Waals surface area (Å²) in [6.07, 6.45) is 4.36. The van der Waals surface area contributed by atoms with Gasteiger partial charge in [-0.25, -0.2) is 0 Å². The fraction of sp³-hybridized carbons (Fsp3) is 0.409. The maximum atomic E-state index is 6.34. The van der Waals surface area contributed by atoms with E-state index in [0.29, 0.717) is 17.9 Å². The van der Waals surface area contributed by atoms with Crippen molar-refractivity contribution < 1.29 is 0 Å². The lowest BCUT2D eigenvalue weighted by Gasteiger charge is -2.49. The van der Waals surface area contributed by atoms with E-state index in [1.807, 2.05) is 18.2 Å². The third-order valence-corrected chi connectivity index (χ3v) is 6.67. The molecular weight excluding hydrogens is 363 g/mol. The molecule has 0 saturated carbocycles. The topological polar surface area (TPSA) is 24.4 Å². The van der Waals surface area contributed by atoms with Crippen LogP contribution in [-0.2, 0) is 5.41 Å². The van der Waals surface area contributed by atoms with Gasteiger partial charge in [-0.1, -0.05) is 61.7 Å². The lowest BCUT2D eigenvalue weighted by molar-refractivity contribution is 0.205. The first kappa shape index (κ1) is 18.0. The van der Waals surface area contributed by atoms with Gasteiger partial charge in [0.1, 0.15) is 0 Å². The van der Waals surface area contributed by atoms with Gasteiger partial charge in [0.15, 0.2) is 0 Å². The largest absolute Gasteiger partial charge is 0.312 e. The molecule has 26 heavy (non-hydrogen) atoms. The molecule has 0 aromatic heterocycles. The van der Waals surface area contributed by atoms with E-state index in [0.717, 1.165) is 35.1 Å². The van der Waals surface area contributed by atoms with E-state index in [9.17, 15) is 0 Å². The third-order valence-electron chi connectivity index (χ3n) is 6.20. The molecule has 2 aromatic rings. The smallest absolute Gasteiger partial charge is 0.0683 e. The van der Waals surface area contributed by atoms with Crippen LogP contribution in [0.3, 0.4) is 0 Å². The first-order valence-corrected chi connectivity index (χ1v) is 10.2. The van der Waals surface area contributed by atoms with Gasteiger partial charge in [0.2, 0.25) is 0 Å². The Morgan fingerprint density at radius 2 is 2.00 bits per heavy atom. The maximum Gasteiger partial charge on any atom is 0.0683 e. The minimum Gasteiger partial charge on any atom is -0.312 e. The molecule has 136 valence electrons. The SMILES string of the molecule is CCC(C)[C@H]1NCC[C@@H](c2cccc(Cl)c2)[C@]12C=Nc1cc(Cl)ccc12. The molecule has 2 nitrogen and oxygen atoms in total. The monoisotopic (exact) mass is 386 g/mol. The molecule has 0 bridgehead atoms. The number of nitrogens with one attached hydrogen (secondary N) is 1. The predicted octanol–water partition coefficient (Wildman–Crippen LogP) is 6.14. The number of halogens is 2. The average Bonchev–Trinajstić information content (AvgIpc) is 3.00. The van der Waals surface area contributed by atoms with Crippen LogP contribution < -0.4 is 5.32 Å². The van der Waals surface area contributed by atoms with Gasteiger partial charge in [-0.2, -0.15) is 0 Å². The molecule has 1 spiro atoms. The first-order chi connectivity index (χ1) is 12.6. The first-order valence-electron chi connectivity index (χ1n) is 9.40. The minimum atomic E-state index is -0.168. The molecule has 4 atom stereocenters. The molecule has 1 N–H and O–H groups in total. The van der Waals surface area contributed by atoms with Crippen LogP contribution in [0, 0.1) is 5.92 Å². The normalized spacial score (nSPS) is 28.3. The second-order valence-corrected chi connectivity index (χ2v) is 8.44. The lowest BCUT2D eigenvalue weighted by Crippen LogP contribution is -2.59. The number of rotatable bonds is 3. The zero-order valence-electron chi connectivity index (χ0n) is 15.2. The number of piperidine rings is 1. The van der Waals surface area contributed by atoms with Crippen LogP contribution in [0.25, 0.3) is 0 Å². The highest BCUT2D eigenvalue weighted by molar-refractivity contribution is 6.31. The van der Waals surface area contributed by atoms with Crippen molar-refractivity contribution in [1.29, 1.82) is 0 Å². The van der Waals surface area contributed by atoms with Gasteiger partial charge in [-0.15, -0.1) is 0 Å². The Morgan fingerprint density at radius 3 is 2.77 bits per heavy atom. The molecule has 1 fully saturated rings. The number of hydrogen-bond acceptors (Lipinski definition) is 2. The van der Waals surface area contributed by atoms with E-state index in [4.69, 9.17) is 28.2 Å². The molecule has 2 aromatic carbocycles. The van der Waals surface area contributed by atoms with E-state index >= 15 is 0 Å². The Morgan fingerprint density at radius 1 is 1.19 bits per heavy atom. The molecule has 4 rings (SSSR count). The number of hydrogen-bond donors (Lipinski definition) is 1. The highest BCUT2D eigenvalue weighted by atomic mass is 35.5. The van der Waals surface area contributed by atoms with Gasteiger partial charge in [-0.05, 0) is 54.3 Å². The fourth-order valence-corrected chi connectivity index (χ4v) is 5.20. The Balaban J connectivity index is 1.91. The number of benzene rings is 2. The van der Waals surface area contributed by atoms with Crippen molar-refractivity contribution in [2.45, 2.75) is 44.1 Å². The van der Waals surface area contributed by atoms with Crippen LogP contribution in [0.5, 0.6) is 0 Å². The summed E-state index contributed by atoms with van der Waals surface area (Å²) >= 11 is 12.6. The summed E-state index contributed by atoms with van der Waals surface area (Å²) in [4.78, 5) is 4.82. The molecular formula is C22H24Cl2N2. The molecule has 1 saturated heterocycles. The maximum absolute atomic E-state index is 6.34. The standard InChI is InChI=1S/C22H24Cl2N2/c1-3-14(2)21-22(13-26-20-12-17(24)7-8-19(20)22)18(9-10-25-21)15-5-4-6-16(23)11-15/h4-8,11-14,18,21,25H,3,9-10H2,1-2H3/t14?,18-,21+,22-/m0/s1. The Hall–Kier alpha value is -1.35. The third kappa shape index (κ3) is 2.79. The summed E-state index contributed by atoms with van der Waals surface area (Å²) in [5, 5.41) is 5.35. The van der Waals surface area contributed by atoms with Crippen molar-refractivity contribution >= 4 is 35.1 Å². The van der Waals surface area contributed by atoms with Crippen LogP contribution in [0.4, 0.5) is 5.69 Å². The number of fused-ring (bicyclic) bond motifs is 2. The van der Waals surface area contributed by atoms with Crippen molar-refractivity contribution in [3.63, 3.8) is 0 Å². The van der Waals surface area contributed by atoms with E-state index in [1.165, 1.54) is 11.1 Å². The van der Waals surface area contributed by atoms with Crippen LogP contribution in [0.2, 0.25) is 10.0 Å². The quantitative estimate of drug-likeness (QED) is 0.672. The zero-order chi connectivity index (χ0) is 18.3. The van der Waals surface area contributed by atoms with Crippen molar-refractivity contribution in [1.82, 2.24) is 5.32 Å². The number of aliphatic imine (C=N–C) groups is 1. The van der Waals surface area contributed by atoms with Gasteiger partial charge in [0, 0.05) is 28.2 Å². The zero-order valence-corrected chi connectivity index (χ0v) is 16.7.